The van der Waals surface area contributed by atoms with Crippen molar-refractivity contribution in [3.8, 4) is 6.07 Å². The molecule has 0 heterocycles. The maximum absolute atomic E-state index is 11.8. The number of nitriles is 1. The average Bonchev–Trinajstić information content (AvgIpc) is 2.46. The van der Waals surface area contributed by atoms with Gasteiger partial charge in [-0.1, -0.05) is 24.3 Å². The van der Waals surface area contributed by atoms with Crippen molar-refractivity contribution >= 4 is 11.8 Å². The number of methoxy groups -OCH3 is 1. The lowest BCUT2D eigenvalue weighted by Crippen LogP contribution is -2.24. The molecule has 0 bridgehead atoms. The van der Waals surface area contributed by atoms with Gasteiger partial charge in [0.25, 0.3) is 0 Å². The van der Waals surface area contributed by atoms with E-state index in [4.69, 9.17) is 5.26 Å². The Morgan fingerprint density at radius 2 is 2.00 bits per heavy atom. The number of esters is 1. The van der Waals surface area contributed by atoms with E-state index in [-0.39, 0.29) is 17.5 Å². The van der Waals surface area contributed by atoms with Crippen molar-refractivity contribution < 1.29 is 24.5 Å². The van der Waals surface area contributed by atoms with Crippen molar-refractivity contribution in [3.05, 3.63) is 35.4 Å². The minimum absolute atomic E-state index is 0.158. The predicted octanol–water partition coefficient (Wildman–Crippen LogP) is 0.740. The van der Waals surface area contributed by atoms with Crippen LogP contribution in [0.3, 0.4) is 0 Å². The molecule has 0 spiro atoms. The van der Waals surface area contributed by atoms with Crippen LogP contribution in [-0.2, 0) is 9.53 Å². The van der Waals surface area contributed by atoms with Crippen LogP contribution in [0.25, 0.3) is 0 Å². The molecule has 2 N–H and O–H groups in total. The molecule has 1 aromatic rings. The van der Waals surface area contributed by atoms with Crippen molar-refractivity contribution in [2.75, 3.05) is 7.11 Å². The summed E-state index contributed by atoms with van der Waals surface area (Å²) in [5.41, 5.74) is 0.342. The maximum Gasteiger partial charge on any atom is 0.308 e. The number of nitrogens with zero attached hydrogens (tertiary/aromatic N) is 1. The molecule has 0 amide bonds. The van der Waals surface area contributed by atoms with E-state index >= 15 is 0 Å². The van der Waals surface area contributed by atoms with Crippen LogP contribution < -0.4 is 0 Å². The summed E-state index contributed by atoms with van der Waals surface area (Å²) in [6.07, 6.45) is -3.51. The third-order valence-electron chi connectivity index (χ3n) is 2.79. The van der Waals surface area contributed by atoms with Crippen LogP contribution in [0.15, 0.2) is 24.3 Å². The number of rotatable bonds is 6. The summed E-state index contributed by atoms with van der Waals surface area (Å²) in [4.78, 5) is 22.8. The molecule has 1 aromatic carbocycles. The van der Waals surface area contributed by atoms with Gasteiger partial charge in [0.2, 0.25) is 0 Å². The van der Waals surface area contributed by atoms with E-state index in [2.05, 4.69) is 4.74 Å². The molecule has 0 aliphatic rings. The number of hydrogen-bond acceptors (Lipinski definition) is 6. The number of aliphatic hydroxyl groups is 2. The lowest BCUT2D eigenvalue weighted by Gasteiger charge is -2.19. The van der Waals surface area contributed by atoms with E-state index < -0.39 is 30.4 Å². The van der Waals surface area contributed by atoms with Crippen molar-refractivity contribution in [2.24, 2.45) is 0 Å². The lowest BCUT2D eigenvalue weighted by atomic mass is 9.94. The maximum atomic E-state index is 11.8. The average molecular weight is 277 g/mol. The van der Waals surface area contributed by atoms with Gasteiger partial charge in [-0.15, -0.1) is 0 Å². The second kappa shape index (κ2) is 7.38. The molecule has 0 aromatic heterocycles. The van der Waals surface area contributed by atoms with E-state index in [0.717, 1.165) is 0 Å². The summed E-state index contributed by atoms with van der Waals surface area (Å²) in [6, 6.07) is 7.84. The first-order chi connectivity index (χ1) is 9.51. The summed E-state index contributed by atoms with van der Waals surface area (Å²) in [6.45, 7) is 0. The molecule has 1 rings (SSSR count). The highest BCUT2D eigenvalue weighted by Crippen LogP contribution is 2.24. The van der Waals surface area contributed by atoms with Gasteiger partial charge in [-0.2, -0.15) is 5.26 Å². The zero-order valence-corrected chi connectivity index (χ0v) is 10.9. The van der Waals surface area contributed by atoms with E-state index in [9.17, 15) is 19.8 Å². The molecule has 0 saturated carbocycles. The van der Waals surface area contributed by atoms with E-state index in [1.807, 2.05) is 0 Å². The Labute approximate surface area is 116 Å². The quantitative estimate of drug-likeness (QED) is 0.586. The van der Waals surface area contributed by atoms with Gasteiger partial charge in [-0.25, -0.2) is 0 Å². The van der Waals surface area contributed by atoms with Crippen LogP contribution in [-0.4, -0.2) is 35.2 Å². The number of carbonyl (C=O) groups is 2. The Morgan fingerprint density at radius 3 is 2.60 bits per heavy atom. The summed E-state index contributed by atoms with van der Waals surface area (Å²) in [5, 5.41) is 28.4. The van der Waals surface area contributed by atoms with Gasteiger partial charge in [0.1, 0.15) is 6.10 Å². The lowest BCUT2D eigenvalue weighted by molar-refractivity contribution is -0.144. The first kappa shape index (κ1) is 15.8. The van der Waals surface area contributed by atoms with Gasteiger partial charge in [-0.3, -0.25) is 9.59 Å². The molecule has 0 saturated heterocycles. The summed E-state index contributed by atoms with van der Waals surface area (Å²) in [7, 11) is 1.17. The molecule has 0 aliphatic carbocycles. The molecule has 20 heavy (non-hydrogen) atoms. The Balaban J connectivity index is 2.98. The summed E-state index contributed by atoms with van der Waals surface area (Å²) in [5.74, 6) is -1.12. The van der Waals surface area contributed by atoms with E-state index in [1.54, 1.807) is 18.2 Å². The molecule has 0 aliphatic heterocycles. The monoisotopic (exact) mass is 277 g/mol. The highest BCUT2D eigenvalue weighted by molar-refractivity contribution is 5.98. The third-order valence-corrected chi connectivity index (χ3v) is 2.79. The van der Waals surface area contributed by atoms with E-state index in [0.29, 0.717) is 0 Å². The van der Waals surface area contributed by atoms with Crippen LogP contribution in [0, 0.1) is 11.3 Å². The van der Waals surface area contributed by atoms with Crippen LogP contribution in [0.4, 0.5) is 0 Å². The number of ketones is 1. The molecule has 2 atom stereocenters. The van der Waals surface area contributed by atoms with Crippen molar-refractivity contribution in [3.63, 3.8) is 0 Å². The number of benzene rings is 1. The minimum Gasteiger partial charge on any atom is -0.469 e. The van der Waals surface area contributed by atoms with Crippen molar-refractivity contribution in [1.29, 1.82) is 5.26 Å². The number of ether oxygens (including phenoxy) is 1. The molecule has 2 unspecified atom stereocenters. The van der Waals surface area contributed by atoms with Crippen LogP contribution in [0.2, 0.25) is 0 Å². The van der Waals surface area contributed by atoms with Gasteiger partial charge in [0.15, 0.2) is 5.78 Å². The fourth-order valence-electron chi connectivity index (χ4n) is 1.75. The first-order valence-corrected chi connectivity index (χ1v) is 5.93. The van der Waals surface area contributed by atoms with Crippen LogP contribution in [0.1, 0.15) is 34.9 Å². The van der Waals surface area contributed by atoms with Gasteiger partial charge in [0.05, 0.1) is 32.1 Å². The van der Waals surface area contributed by atoms with Crippen LogP contribution in [0.5, 0.6) is 0 Å². The number of carbonyl (C=O) groups excluding carboxylic acids is 2. The number of Topliss-reactive ketones (excluding diaryl/α,β-unsaturated/α-hetero) is 1. The fraction of sp³-hybridized carbons (Fsp3) is 0.357. The Hall–Kier alpha value is -2.23. The first-order valence-electron chi connectivity index (χ1n) is 5.93. The highest BCUT2D eigenvalue weighted by atomic mass is 16.5. The topological polar surface area (TPSA) is 108 Å². The van der Waals surface area contributed by atoms with Crippen LogP contribution >= 0.6 is 0 Å². The molecule has 106 valence electrons. The second-order valence-electron chi connectivity index (χ2n) is 4.14. The van der Waals surface area contributed by atoms with Gasteiger partial charge in [0, 0.05) is 5.56 Å². The fourth-order valence-corrected chi connectivity index (χ4v) is 1.75. The zero-order valence-electron chi connectivity index (χ0n) is 10.9. The van der Waals surface area contributed by atoms with Gasteiger partial charge in [-0.05, 0) is 5.56 Å². The second-order valence-corrected chi connectivity index (χ2v) is 4.14. The van der Waals surface area contributed by atoms with Crippen molar-refractivity contribution in [2.45, 2.75) is 25.0 Å². The number of hydrogen-bond donors (Lipinski definition) is 2. The molecular weight excluding hydrogens is 262 g/mol. The normalized spacial score (nSPS) is 13.1. The zero-order chi connectivity index (χ0) is 15.1. The number of aliphatic hydroxyl groups excluding tert-OH is 2. The summed E-state index contributed by atoms with van der Waals surface area (Å²) < 4.78 is 4.40. The summed E-state index contributed by atoms with van der Waals surface area (Å²) >= 11 is 0. The molecule has 6 heteroatoms. The Bertz CT molecular complexity index is 535. The van der Waals surface area contributed by atoms with Crippen molar-refractivity contribution in [1.82, 2.24) is 0 Å². The Kier molecular flexibility index (Phi) is 5.84. The SMILES string of the molecule is COC(=O)CC(O)C(O)c1ccccc1C(=O)CC#N. The van der Waals surface area contributed by atoms with E-state index in [1.165, 1.54) is 19.2 Å². The standard InChI is InChI=1S/C14H15NO5/c1-20-13(18)8-12(17)14(19)10-5-3-2-4-9(10)11(16)6-7-15/h2-5,12,14,17,19H,6,8H2,1H3. The predicted molar refractivity (Wildman–Crippen MR) is 68.6 cm³/mol. The Morgan fingerprint density at radius 1 is 1.35 bits per heavy atom. The molecular formula is C14H15NO5. The highest BCUT2D eigenvalue weighted by Gasteiger charge is 2.25. The van der Waals surface area contributed by atoms with Gasteiger partial charge < -0.3 is 14.9 Å². The molecule has 6 nitrogen and oxygen atoms in total. The minimum atomic E-state index is -1.41. The molecule has 0 radical (unpaired) electrons. The largest absolute Gasteiger partial charge is 0.469 e. The smallest absolute Gasteiger partial charge is 0.308 e. The third kappa shape index (κ3) is 3.88. The van der Waals surface area contributed by atoms with Gasteiger partial charge >= 0.3 is 5.97 Å². The molecule has 0 fully saturated rings.